The number of allylic oxidation sites excluding steroid dienone is 2. The molecule has 4 rings (SSSR count). The van der Waals surface area contributed by atoms with Crippen LogP contribution in [0, 0.1) is 0 Å². The molecule has 0 unspecified atom stereocenters. The third-order valence-electron chi connectivity index (χ3n) is 5.24. The zero-order valence-electron chi connectivity index (χ0n) is 17.0. The maximum absolute atomic E-state index is 11.6. The number of fused-ring (bicyclic) bond motifs is 1. The molecular formula is C26H21Cl2NO2. The van der Waals surface area contributed by atoms with Crippen molar-refractivity contribution >= 4 is 40.8 Å². The van der Waals surface area contributed by atoms with Gasteiger partial charge in [0.25, 0.3) is 5.91 Å². The van der Waals surface area contributed by atoms with E-state index in [0.29, 0.717) is 22.2 Å². The van der Waals surface area contributed by atoms with E-state index in [9.17, 15) is 4.79 Å². The van der Waals surface area contributed by atoms with Gasteiger partial charge in [-0.1, -0.05) is 54.1 Å². The molecule has 31 heavy (non-hydrogen) atoms. The molecule has 0 bridgehead atoms. The molecule has 1 aliphatic carbocycles. The second kappa shape index (κ2) is 9.01. The van der Waals surface area contributed by atoms with Gasteiger partial charge in [-0.15, -0.1) is 0 Å². The molecule has 0 atom stereocenters. The minimum absolute atomic E-state index is 0.102. The lowest BCUT2D eigenvalue weighted by Crippen LogP contribution is -2.17. The zero-order chi connectivity index (χ0) is 22.0. The molecule has 0 aliphatic heterocycles. The van der Waals surface area contributed by atoms with Crippen LogP contribution in [0.1, 0.15) is 32.6 Å². The van der Waals surface area contributed by atoms with E-state index < -0.39 is 0 Å². The average Bonchev–Trinajstić information content (AvgIpc) is 3.06. The highest BCUT2D eigenvalue weighted by molar-refractivity contribution is 6.34. The Kier molecular flexibility index (Phi) is 6.17. The molecule has 3 aromatic rings. The lowest BCUT2D eigenvalue weighted by Gasteiger charge is -2.09. The van der Waals surface area contributed by atoms with Crippen LogP contribution in [0.4, 0.5) is 0 Å². The lowest BCUT2D eigenvalue weighted by atomic mass is 10.0. The van der Waals surface area contributed by atoms with Gasteiger partial charge in [-0.05, 0) is 82.3 Å². The van der Waals surface area contributed by atoms with Gasteiger partial charge >= 0.3 is 0 Å². The summed E-state index contributed by atoms with van der Waals surface area (Å²) in [4.78, 5) is 11.6. The predicted molar refractivity (Wildman–Crippen MR) is 128 cm³/mol. The Morgan fingerprint density at radius 3 is 2.45 bits per heavy atom. The summed E-state index contributed by atoms with van der Waals surface area (Å²) in [5, 5.41) is 3.84. The first-order chi connectivity index (χ1) is 14.9. The van der Waals surface area contributed by atoms with Crippen molar-refractivity contribution in [3.63, 3.8) is 0 Å². The van der Waals surface area contributed by atoms with Crippen LogP contribution in [0.2, 0.25) is 10.0 Å². The van der Waals surface area contributed by atoms with Gasteiger partial charge in [-0.3, -0.25) is 4.79 Å². The molecule has 3 nitrogen and oxygen atoms in total. The van der Waals surface area contributed by atoms with Crippen molar-refractivity contribution in [2.75, 3.05) is 7.05 Å². The summed E-state index contributed by atoms with van der Waals surface area (Å²) in [5.74, 6) is 0.698. The normalized spacial score (nSPS) is 13.9. The summed E-state index contributed by atoms with van der Waals surface area (Å²) < 4.78 is 5.98. The highest BCUT2D eigenvalue weighted by atomic mass is 35.5. The van der Waals surface area contributed by atoms with Crippen LogP contribution in [-0.4, -0.2) is 13.0 Å². The summed E-state index contributed by atoms with van der Waals surface area (Å²) in [6.45, 7) is 4.69. The molecule has 0 heterocycles. The van der Waals surface area contributed by atoms with Gasteiger partial charge in [0.2, 0.25) is 0 Å². The Balaban J connectivity index is 1.47. The summed E-state index contributed by atoms with van der Waals surface area (Å²) in [6, 6.07) is 19.0. The van der Waals surface area contributed by atoms with E-state index in [1.807, 2.05) is 36.4 Å². The molecule has 0 saturated carbocycles. The number of hydrogen-bond acceptors (Lipinski definition) is 2. The van der Waals surface area contributed by atoms with E-state index in [4.69, 9.17) is 27.9 Å². The Labute approximate surface area is 192 Å². The van der Waals surface area contributed by atoms with E-state index in [2.05, 4.69) is 24.0 Å². The summed E-state index contributed by atoms with van der Waals surface area (Å²) in [6.07, 6.45) is 2.85. The first kappa shape index (κ1) is 21.2. The number of carbonyl (C=O) groups excluding carboxylic acids is 1. The van der Waals surface area contributed by atoms with Gasteiger partial charge < -0.3 is 10.1 Å². The highest BCUT2D eigenvalue weighted by Gasteiger charge is 2.20. The third kappa shape index (κ3) is 4.84. The molecule has 1 amide bonds. The van der Waals surface area contributed by atoms with Crippen molar-refractivity contribution in [3.8, 4) is 5.75 Å². The number of halogens is 2. The van der Waals surface area contributed by atoms with E-state index in [1.165, 1.54) is 5.56 Å². The minimum Gasteiger partial charge on any atom is -0.489 e. The minimum atomic E-state index is -0.102. The number of benzene rings is 3. The molecule has 0 fully saturated rings. The van der Waals surface area contributed by atoms with Gasteiger partial charge in [0, 0.05) is 22.7 Å². The second-order valence-electron chi connectivity index (χ2n) is 7.41. The molecule has 0 aromatic heterocycles. The van der Waals surface area contributed by atoms with Crippen LogP contribution < -0.4 is 10.1 Å². The summed E-state index contributed by atoms with van der Waals surface area (Å²) >= 11 is 12.3. The molecule has 156 valence electrons. The van der Waals surface area contributed by atoms with Gasteiger partial charge in [0.1, 0.15) is 12.4 Å². The maximum Gasteiger partial charge on any atom is 0.251 e. The fourth-order valence-corrected chi connectivity index (χ4v) is 4.19. The number of hydrogen-bond donors (Lipinski definition) is 1. The van der Waals surface area contributed by atoms with Gasteiger partial charge in [0.05, 0.1) is 0 Å². The van der Waals surface area contributed by atoms with Crippen LogP contribution in [0.3, 0.4) is 0 Å². The molecule has 1 N–H and O–H groups in total. The van der Waals surface area contributed by atoms with E-state index in [-0.39, 0.29) is 5.91 Å². The van der Waals surface area contributed by atoms with Crippen LogP contribution in [0.25, 0.3) is 11.6 Å². The highest BCUT2D eigenvalue weighted by Crippen LogP contribution is 2.38. The van der Waals surface area contributed by atoms with Crippen LogP contribution in [-0.2, 0) is 13.0 Å². The molecular weight excluding hydrogens is 429 g/mol. The lowest BCUT2D eigenvalue weighted by molar-refractivity contribution is 0.0963. The standard InChI is InChI=1S/C26H21Cl2NO2/c1-16-20(9-18-10-22(27)14-23(28)11-18)12-21-13-24(7-8-25(16)21)31-15-17-3-5-19(6-4-17)26(30)29-2/h3-11,13-14H,1,12,15H2,2H3,(H,29,30)/b20-9+. The summed E-state index contributed by atoms with van der Waals surface area (Å²) in [5.41, 5.74) is 7.02. The Bertz CT molecular complexity index is 1180. The Hall–Kier alpha value is -3.01. The number of ether oxygens (including phenoxy) is 1. The fraction of sp³-hybridized carbons (Fsp3) is 0.115. The molecule has 3 aromatic carbocycles. The zero-order valence-corrected chi connectivity index (χ0v) is 18.6. The van der Waals surface area contributed by atoms with Crippen molar-refractivity contribution in [2.24, 2.45) is 0 Å². The quantitative estimate of drug-likeness (QED) is 0.477. The van der Waals surface area contributed by atoms with E-state index in [0.717, 1.165) is 40.0 Å². The first-order valence-corrected chi connectivity index (χ1v) is 10.6. The van der Waals surface area contributed by atoms with E-state index in [1.54, 1.807) is 25.2 Å². The van der Waals surface area contributed by atoms with Gasteiger partial charge in [0.15, 0.2) is 0 Å². The number of rotatable bonds is 5. The SMILES string of the molecule is C=C1/C(=C/c2cc(Cl)cc(Cl)c2)Cc2cc(OCc3ccc(C(=O)NC)cc3)ccc21. The van der Waals surface area contributed by atoms with Gasteiger partial charge in [-0.2, -0.15) is 0 Å². The van der Waals surface area contributed by atoms with Crippen LogP contribution in [0.15, 0.2) is 72.8 Å². The predicted octanol–water partition coefficient (Wildman–Crippen LogP) is 6.58. The van der Waals surface area contributed by atoms with E-state index >= 15 is 0 Å². The number of nitrogens with one attached hydrogen (secondary N) is 1. The smallest absolute Gasteiger partial charge is 0.251 e. The van der Waals surface area contributed by atoms with Crippen molar-refractivity contribution in [1.82, 2.24) is 5.32 Å². The monoisotopic (exact) mass is 449 g/mol. The molecule has 1 aliphatic rings. The van der Waals surface area contributed by atoms with Crippen LogP contribution in [0.5, 0.6) is 5.75 Å². The van der Waals surface area contributed by atoms with Crippen molar-refractivity contribution in [3.05, 3.63) is 111 Å². The maximum atomic E-state index is 11.6. The van der Waals surface area contributed by atoms with Crippen molar-refractivity contribution in [2.45, 2.75) is 13.0 Å². The molecule has 0 spiro atoms. The molecule has 0 radical (unpaired) electrons. The second-order valence-corrected chi connectivity index (χ2v) is 8.28. The fourth-order valence-electron chi connectivity index (χ4n) is 3.65. The molecule has 5 heteroatoms. The molecule has 0 saturated heterocycles. The number of amides is 1. The van der Waals surface area contributed by atoms with Crippen molar-refractivity contribution < 1.29 is 9.53 Å². The largest absolute Gasteiger partial charge is 0.489 e. The van der Waals surface area contributed by atoms with Crippen molar-refractivity contribution in [1.29, 1.82) is 0 Å². The Morgan fingerprint density at radius 2 is 1.77 bits per heavy atom. The topological polar surface area (TPSA) is 38.3 Å². The number of carbonyl (C=O) groups is 1. The Morgan fingerprint density at radius 1 is 1.06 bits per heavy atom. The van der Waals surface area contributed by atoms with Gasteiger partial charge in [-0.25, -0.2) is 0 Å². The average molecular weight is 450 g/mol. The van der Waals surface area contributed by atoms with Crippen LogP contribution >= 0.6 is 23.2 Å². The third-order valence-corrected chi connectivity index (χ3v) is 5.68. The summed E-state index contributed by atoms with van der Waals surface area (Å²) in [7, 11) is 1.62. The first-order valence-electron chi connectivity index (χ1n) is 9.86.